The monoisotopic (exact) mass is 504 g/mol. The van der Waals surface area contributed by atoms with Crippen LogP contribution in [0.1, 0.15) is 26.2 Å². The molecule has 1 aliphatic heterocycles. The highest BCUT2D eigenvalue weighted by atomic mass is 28.4. The summed E-state index contributed by atoms with van der Waals surface area (Å²) in [5, 5.41) is 0. The standard InChI is InChI=1S/C26H40O6Si2/c1-15-13-25-14-16(15)12-17(31-33(4,5)6)20(25)26-11-10-18(32-34(7,8)9)24(2,23(28)30-26)21(26)19(25)22(27)29-3/h10-11,16-21H,1,12-14H2,2-9H3/t16-,17?,18+,19?,20?,21?,24?,25-,26-/m1/s1. The van der Waals surface area contributed by atoms with Crippen LogP contribution in [0.15, 0.2) is 24.3 Å². The van der Waals surface area contributed by atoms with Crippen molar-refractivity contribution in [1.82, 2.24) is 0 Å². The highest BCUT2D eigenvalue weighted by Crippen LogP contribution is 2.77. The predicted octanol–water partition coefficient (Wildman–Crippen LogP) is 4.69. The summed E-state index contributed by atoms with van der Waals surface area (Å²) < 4.78 is 25.3. The van der Waals surface area contributed by atoms with Crippen LogP contribution in [0.25, 0.3) is 0 Å². The molecule has 3 saturated carbocycles. The van der Waals surface area contributed by atoms with Gasteiger partial charge in [-0.05, 0) is 82.9 Å². The molecule has 5 unspecified atom stereocenters. The lowest BCUT2D eigenvalue weighted by Gasteiger charge is -2.48. The number of esters is 2. The van der Waals surface area contributed by atoms with Gasteiger partial charge in [-0.1, -0.05) is 18.2 Å². The van der Waals surface area contributed by atoms with Crippen LogP contribution in [-0.4, -0.2) is 53.5 Å². The predicted molar refractivity (Wildman–Crippen MR) is 134 cm³/mol. The van der Waals surface area contributed by atoms with Crippen LogP contribution in [0.4, 0.5) is 0 Å². The van der Waals surface area contributed by atoms with Gasteiger partial charge in [0.15, 0.2) is 16.6 Å². The molecule has 0 radical (unpaired) electrons. The number of hydrogen-bond donors (Lipinski definition) is 0. The normalized spacial score (nSPS) is 46.8. The zero-order valence-electron chi connectivity index (χ0n) is 21.9. The van der Waals surface area contributed by atoms with E-state index in [-0.39, 0.29) is 35.3 Å². The third-order valence-corrected chi connectivity index (χ3v) is 11.1. The molecule has 0 aromatic heterocycles. The Hall–Kier alpha value is -1.23. The number of carbonyl (C=O) groups excluding carboxylic acids is 2. The molecular weight excluding hydrogens is 464 g/mol. The number of fused-ring (bicyclic) bond motifs is 1. The summed E-state index contributed by atoms with van der Waals surface area (Å²) in [7, 11) is -2.45. The largest absolute Gasteiger partial charge is 0.469 e. The number of rotatable bonds is 5. The van der Waals surface area contributed by atoms with Crippen molar-refractivity contribution in [2.24, 2.45) is 34.5 Å². The molecule has 0 aromatic carbocycles. The van der Waals surface area contributed by atoms with Crippen molar-refractivity contribution in [3.05, 3.63) is 24.3 Å². The minimum absolute atomic E-state index is 0.0870. The molecule has 0 N–H and O–H groups in total. The number of carbonyl (C=O) groups is 2. The van der Waals surface area contributed by atoms with Gasteiger partial charge >= 0.3 is 11.9 Å². The lowest BCUT2D eigenvalue weighted by Crippen LogP contribution is -2.55. The van der Waals surface area contributed by atoms with Crippen molar-refractivity contribution >= 4 is 28.6 Å². The van der Waals surface area contributed by atoms with E-state index in [1.54, 1.807) is 0 Å². The maximum absolute atomic E-state index is 13.7. The van der Waals surface area contributed by atoms with Crippen molar-refractivity contribution in [3.63, 3.8) is 0 Å². The maximum Gasteiger partial charge on any atom is 0.316 e. The van der Waals surface area contributed by atoms with Gasteiger partial charge in [0, 0.05) is 11.8 Å². The van der Waals surface area contributed by atoms with Crippen LogP contribution in [-0.2, 0) is 27.9 Å². The second kappa shape index (κ2) is 7.17. The van der Waals surface area contributed by atoms with E-state index in [0.29, 0.717) is 5.92 Å². The number of allylic oxidation sites excluding steroid dienone is 1. The molecule has 1 heterocycles. The average molecular weight is 505 g/mol. The van der Waals surface area contributed by atoms with Crippen LogP contribution in [0, 0.1) is 34.5 Å². The van der Waals surface area contributed by atoms with E-state index >= 15 is 0 Å². The van der Waals surface area contributed by atoms with E-state index in [9.17, 15) is 9.59 Å². The summed E-state index contributed by atoms with van der Waals surface area (Å²) in [6, 6.07) is 0. The third kappa shape index (κ3) is 3.10. The van der Waals surface area contributed by atoms with Gasteiger partial charge in [-0.2, -0.15) is 0 Å². The lowest BCUT2D eigenvalue weighted by atomic mass is 9.61. The highest BCUT2D eigenvalue weighted by molar-refractivity contribution is 6.70. The maximum atomic E-state index is 13.7. The van der Waals surface area contributed by atoms with Crippen LogP contribution in [0.5, 0.6) is 0 Å². The van der Waals surface area contributed by atoms with Crippen molar-refractivity contribution in [1.29, 1.82) is 0 Å². The van der Waals surface area contributed by atoms with Gasteiger partial charge in [0.1, 0.15) is 11.0 Å². The fourth-order valence-corrected chi connectivity index (χ4v) is 10.6. The molecule has 0 amide bonds. The van der Waals surface area contributed by atoms with Crippen molar-refractivity contribution in [2.45, 2.75) is 83.3 Å². The molecule has 4 aliphatic carbocycles. The highest BCUT2D eigenvalue weighted by Gasteiger charge is 2.84. The van der Waals surface area contributed by atoms with Crippen LogP contribution < -0.4 is 0 Å². The quantitative estimate of drug-likeness (QED) is 0.307. The van der Waals surface area contributed by atoms with Crippen molar-refractivity contribution in [2.75, 3.05) is 7.11 Å². The second-order valence-electron chi connectivity index (χ2n) is 13.5. The number of hydrogen-bond acceptors (Lipinski definition) is 6. The summed E-state index contributed by atoms with van der Waals surface area (Å²) in [5.41, 5.74) is -1.03. The smallest absolute Gasteiger partial charge is 0.316 e. The number of ether oxygens (including phenoxy) is 2. The zero-order chi connectivity index (χ0) is 25.1. The molecule has 8 heteroatoms. The van der Waals surface area contributed by atoms with Crippen LogP contribution in [0.3, 0.4) is 0 Å². The first-order valence-corrected chi connectivity index (χ1v) is 19.4. The first kappa shape index (κ1) is 24.5. The minimum atomic E-state index is -1.99. The molecule has 188 valence electrons. The van der Waals surface area contributed by atoms with Crippen molar-refractivity contribution < 1.29 is 27.9 Å². The van der Waals surface area contributed by atoms with Gasteiger partial charge in [0.05, 0.1) is 25.2 Å². The minimum Gasteiger partial charge on any atom is -0.469 e. The fourth-order valence-electron chi connectivity index (χ4n) is 8.39. The summed E-state index contributed by atoms with van der Waals surface area (Å²) in [4.78, 5) is 27.4. The summed E-state index contributed by atoms with van der Waals surface area (Å²) >= 11 is 0. The molecule has 5 aliphatic rings. The summed E-state index contributed by atoms with van der Waals surface area (Å²) in [6.45, 7) is 19.4. The molecule has 1 spiro atoms. The van der Waals surface area contributed by atoms with Gasteiger partial charge in [0.2, 0.25) is 0 Å². The second-order valence-corrected chi connectivity index (χ2v) is 22.4. The zero-order valence-corrected chi connectivity index (χ0v) is 23.9. The molecule has 1 saturated heterocycles. The Morgan fingerprint density at radius 1 is 1.12 bits per heavy atom. The molecule has 34 heavy (non-hydrogen) atoms. The van der Waals surface area contributed by atoms with E-state index < -0.39 is 39.7 Å². The van der Waals surface area contributed by atoms with Crippen LogP contribution >= 0.6 is 0 Å². The molecule has 5 rings (SSSR count). The summed E-state index contributed by atoms with van der Waals surface area (Å²) in [5.74, 6) is -1.11. The van der Waals surface area contributed by atoms with Crippen LogP contribution in [0.2, 0.25) is 39.3 Å². The Bertz CT molecular complexity index is 979. The topological polar surface area (TPSA) is 71.1 Å². The Kier molecular flexibility index (Phi) is 5.16. The molecule has 0 aromatic rings. The van der Waals surface area contributed by atoms with Gasteiger partial charge in [0.25, 0.3) is 0 Å². The van der Waals surface area contributed by atoms with E-state index in [1.807, 2.05) is 6.92 Å². The fraction of sp³-hybridized carbons (Fsp3) is 0.769. The Balaban J connectivity index is 1.73. The lowest BCUT2D eigenvalue weighted by molar-refractivity contribution is -0.166. The van der Waals surface area contributed by atoms with Gasteiger partial charge in [-0.15, -0.1) is 0 Å². The first-order valence-electron chi connectivity index (χ1n) is 12.6. The van der Waals surface area contributed by atoms with E-state index in [1.165, 1.54) is 12.7 Å². The van der Waals surface area contributed by atoms with Gasteiger partial charge < -0.3 is 18.3 Å². The molecular formula is C26H40O6Si2. The third-order valence-electron chi connectivity index (χ3n) is 9.11. The number of methoxy groups -OCH3 is 1. The SMILES string of the molecule is C=C1C[C@]23C[C@H]1CC(O[Si](C)(C)C)C2[C@@]12C=C[C@H](O[Si](C)(C)C)C(C)(C(=O)O1)C2C3C(=O)OC. The molecule has 4 bridgehead atoms. The molecule has 6 nitrogen and oxygen atoms in total. The molecule has 4 fully saturated rings. The van der Waals surface area contributed by atoms with E-state index in [0.717, 1.165) is 19.3 Å². The summed E-state index contributed by atoms with van der Waals surface area (Å²) in [6.07, 6.45) is 6.12. The van der Waals surface area contributed by atoms with Gasteiger partial charge in [-0.3, -0.25) is 9.59 Å². The Morgan fingerprint density at radius 3 is 2.35 bits per heavy atom. The molecule has 9 atom stereocenters. The average Bonchev–Trinajstić information content (AvgIpc) is 3.15. The van der Waals surface area contributed by atoms with Gasteiger partial charge in [-0.25, -0.2) is 0 Å². The van der Waals surface area contributed by atoms with E-state index in [2.05, 4.69) is 58.0 Å². The van der Waals surface area contributed by atoms with Crippen molar-refractivity contribution in [3.8, 4) is 0 Å². The van der Waals surface area contributed by atoms with E-state index in [4.69, 9.17) is 18.3 Å². The Morgan fingerprint density at radius 2 is 1.76 bits per heavy atom. The first-order chi connectivity index (χ1) is 15.6. The Labute approximate surface area is 205 Å².